The fraction of sp³-hybridized carbons (Fsp3) is 0.222. The Hall–Kier alpha value is -3.22. The average Bonchev–Trinajstić information content (AvgIpc) is 3.05. The summed E-state index contributed by atoms with van der Waals surface area (Å²) in [6, 6.07) is 12.7. The Morgan fingerprint density at radius 1 is 1.16 bits per heavy atom. The third kappa shape index (κ3) is 3.35. The maximum atomic E-state index is 12.6. The molecule has 128 valence electrons. The van der Waals surface area contributed by atoms with E-state index in [-0.39, 0.29) is 17.2 Å². The number of carbonyl (C=O) groups is 2. The Labute approximate surface area is 144 Å². The lowest BCUT2D eigenvalue weighted by Crippen LogP contribution is -2.39. The van der Waals surface area contributed by atoms with Crippen molar-refractivity contribution in [3.05, 3.63) is 69.8 Å². The van der Waals surface area contributed by atoms with Gasteiger partial charge >= 0.3 is 5.97 Å². The zero-order valence-corrected chi connectivity index (χ0v) is 13.5. The molecule has 0 saturated heterocycles. The lowest BCUT2D eigenvalue weighted by Gasteiger charge is -2.21. The molecule has 0 radical (unpaired) electrons. The fourth-order valence-electron chi connectivity index (χ4n) is 2.78. The second-order valence-corrected chi connectivity index (χ2v) is 5.72. The van der Waals surface area contributed by atoms with Crippen LogP contribution in [0.1, 0.15) is 22.8 Å². The molecular formula is C18H16N2O5. The van der Waals surface area contributed by atoms with Gasteiger partial charge in [0.05, 0.1) is 10.5 Å². The summed E-state index contributed by atoms with van der Waals surface area (Å²) in [5.74, 6) is -0.983. The molecule has 1 atom stereocenters. The molecule has 0 bridgehead atoms. The molecule has 1 heterocycles. The summed E-state index contributed by atoms with van der Waals surface area (Å²) in [6.45, 7) is 2.07. The molecule has 0 spiro atoms. The molecule has 25 heavy (non-hydrogen) atoms. The number of hydrogen-bond acceptors (Lipinski definition) is 5. The van der Waals surface area contributed by atoms with Gasteiger partial charge in [-0.05, 0) is 37.1 Å². The van der Waals surface area contributed by atoms with Gasteiger partial charge in [-0.1, -0.05) is 18.2 Å². The highest BCUT2D eigenvalue weighted by molar-refractivity contribution is 6.00. The summed E-state index contributed by atoms with van der Waals surface area (Å²) < 4.78 is 5.23. The SMILES string of the molecule is C[C@@H](OC(=O)c1ccc([N+](=O)[O-])cc1)C(=O)N1CCc2ccccc21. The number of benzene rings is 2. The van der Waals surface area contributed by atoms with Crippen LogP contribution in [0.2, 0.25) is 0 Å². The molecule has 3 rings (SSSR count). The molecule has 2 aromatic carbocycles. The molecule has 0 aliphatic carbocycles. The number of carbonyl (C=O) groups excluding carboxylic acids is 2. The largest absolute Gasteiger partial charge is 0.449 e. The van der Waals surface area contributed by atoms with Crippen LogP contribution in [-0.4, -0.2) is 29.4 Å². The van der Waals surface area contributed by atoms with Crippen LogP contribution in [0.5, 0.6) is 0 Å². The van der Waals surface area contributed by atoms with Gasteiger partial charge < -0.3 is 9.64 Å². The normalized spacial score (nSPS) is 13.9. The standard InChI is InChI=1S/C18H16N2O5/c1-12(17(21)19-11-10-13-4-2-3-5-16(13)19)25-18(22)14-6-8-15(9-7-14)20(23)24/h2-9,12H,10-11H2,1H3/t12-/m1/s1. The first-order valence-corrected chi connectivity index (χ1v) is 7.82. The first-order chi connectivity index (χ1) is 12.0. The molecule has 0 unspecified atom stereocenters. The van der Waals surface area contributed by atoms with E-state index >= 15 is 0 Å². The maximum absolute atomic E-state index is 12.6. The van der Waals surface area contributed by atoms with Gasteiger partial charge in [-0.25, -0.2) is 4.79 Å². The molecule has 1 amide bonds. The molecule has 2 aromatic rings. The number of esters is 1. The Morgan fingerprint density at radius 3 is 2.52 bits per heavy atom. The summed E-state index contributed by atoms with van der Waals surface area (Å²) in [5, 5.41) is 10.6. The molecule has 7 heteroatoms. The zero-order valence-electron chi connectivity index (χ0n) is 13.5. The minimum Gasteiger partial charge on any atom is -0.449 e. The monoisotopic (exact) mass is 340 g/mol. The van der Waals surface area contributed by atoms with Crippen molar-refractivity contribution in [1.82, 2.24) is 0 Å². The van der Waals surface area contributed by atoms with Crippen molar-refractivity contribution >= 4 is 23.3 Å². The summed E-state index contributed by atoms with van der Waals surface area (Å²) in [7, 11) is 0. The van der Waals surface area contributed by atoms with Gasteiger partial charge in [-0.15, -0.1) is 0 Å². The van der Waals surface area contributed by atoms with Gasteiger partial charge in [0.2, 0.25) is 0 Å². The third-order valence-corrected chi connectivity index (χ3v) is 4.10. The van der Waals surface area contributed by atoms with Crippen LogP contribution in [0.3, 0.4) is 0 Å². The number of amides is 1. The van der Waals surface area contributed by atoms with Gasteiger partial charge in [0.25, 0.3) is 11.6 Å². The van der Waals surface area contributed by atoms with E-state index < -0.39 is 17.0 Å². The van der Waals surface area contributed by atoms with E-state index in [2.05, 4.69) is 0 Å². The molecule has 0 N–H and O–H groups in total. The fourth-order valence-corrected chi connectivity index (χ4v) is 2.78. The molecule has 0 aromatic heterocycles. The predicted octanol–water partition coefficient (Wildman–Crippen LogP) is 2.73. The van der Waals surface area contributed by atoms with E-state index in [0.717, 1.165) is 17.7 Å². The Morgan fingerprint density at radius 2 is 1.84 bits per heavy atom. The Balaban J connectivity index is 1.67. The molecule has 7 nitrogen and oxygen atoms in total. The van der Waals surface area contributed by atoms with E-state index in [1.165, 1.54) is 31.2 Å². The molecular weight excluding hydrogens is 324 g/mol. The zero-order chi connectivity index (χ0) is 18.0. The smallest absolute Gasteiger partial charge is 0.338 e. The highest BCUT2D eigenvalue weighted by Crippen LogP contribution is 2.28. The number of hydrogen-bond donors (Lipinski definition) is 0. The number of nitrogens with zero attached hydrogens (tertiary/aromatic N) is 2. The lowest BCUT2D eigenvalue weighted by molar-refractivity contribution is -0.384. The Kier molecular flexibility index (Phi) is 4.47. The second kappa shape index (κ2) is 6.72. The maximum Gasteiger partial charge on any atom is 0.338 e. The summed E-state index contributed by atoms with van der Waals surface area (Å²) >= 11 is 0. The van der Waals surface area contributed by atoms with Crippen LogP contribution in [0.15, 0.2) is 48.5 Å². The highest BCUT2D eigenvalue weighted by Gasteiger charge is 2.30. The lowest BCUT2D eigenvalue weighted by atomic mass is 10.2. The summed E-state index contributed by atoms with van der Waals surface area (Å²) in [5.41, 5.74) is 1.97. The van der Waals surface area contributed by atoms with E-state index in [1.807, 2.05) is 24.3 Å². The number of ether oxygens (including phenoxy) is 1. The van der Waals surface area contributed by atoms with Gasteiger partial charge in [-0.2, -0.15) is 0 Å². The van der Waals surface area contributed by atoms with Crippen molar-refractivity contribution in [1.29, 1.82) is 0 Å². The number of para-hydroxylation sites is 1. The van der Waals surface area contributed by atoms with E-state index in [4.69, 9.17) is 4.74 Å². The number of nitro benzene ring substituents is 1. The molecule has 0 saturated carbocycles. The van der Waals surface area contributed by atoms with Crippen LogP contribution in [0.4, 0.5) is 11.4 Å². The molecule has 1 aliphatic rings. The van der Waals surface area contributed by atoms with Crippen LogP contribution >= 0.6 is 0 Å². The van der Waals surface area contributed by atoms with E-state index in [9.17, 15) is 19.7 Å². The summed E-state index contributed by atoms with van der Waals surface area (Å²) in [6.07, 6.45) is -0.181. The van der Waals surface area contributed by atoms with Gasteiger partial charge in [0.1, 0.15) is 0 Å². The quantitative estimate of drug-likeness (QED) is 0.485. The highest BCUT2D eigenvalue weighted by atomic mass is 16.6. The predicted molar refractivity (Wildman–Crippen MR) is 90.5 cm³/mol. The van der Waals surface area contributed by atoms with Crippen molar-refractivity contribution < 1.29 is 19.2 Å². The van der Waals surface area contributed by atoms with Crippen LogP contribution in [0, 0.1) is 10.1 Å². The Bertz CT molecular complexity index is 832. The number of nitro groups is 1. The van der Waals surface area contributed by atoms with Crippen molar-refractivity contribution in [3.63, 3.8) is 0 Å². The van der Waals surface area contributed by atoms with Crippen LogP contribution < -0.4 is 4.90 Å². The first kappa shape index (κ1) is 16.6. The van der Waals surface area contributed by atoms with Crippen molar-refractivity contribution in [3.8, 4) is 0 Å². The first-order valence-electron chi connectivity index (χ1n) is 7.82. The number of fused-ring (bicyclic) bond motifs is 1. The molecule has 0 fully saturated rings. The van der Waals surface area contributed by atoms with Gasteiger partial charge in [0, 0.05) is 24.4 Å². The topological polar surface area (TPSA) is 89.7 Å². The van der Waals surface area contributed by atoms with Gasteiger partial charge in [0.15, 0.2) is 6.10 Å². The van der Waals surface area contributed by atoms with Crippen LogP contribution in [-0.2, 0) is 16.0 Å². The minimum atomic E-state index is -0.950. The van der Waals surface area contributed by atoms with E-state index in [1.54, 1.807) is 4.90 Å². The minimum absolute atomic E-state index is 0.116. The second-order valence-electron chi connectivity index (χ2n) is 5.72. The number of anilines is 1. The number of non-ortho nitro benzene ring substituents is 1. The van der Waals surface area contributed by atoms with Crippen molar-refractivity contribution in [2.45, 2.75) is 19.4 Å². The molecule has 1 aliphatic heterocycles. The van der Waals surface area contributed by atoms with Crippen molar-refractivity contribution in [2.24, 2.45) is 0 Å². The third-order valence-electron chi connectivity index (χ3n) is 4.10. The van der Waals surface area contributed by atoms with Crippen molar-refractivity contribution in [2.75, 3.05) is 11.4 Å². The average molecular weight is 340 g/mol. The van der Waals surface area contributed by atoms with Gasteiger partial charge in [-0.3, -0.25) is 14.9 Å². The summed E-state index contributed by atoms with van der Waals surface area (Å²) in [4.78, 5) is 36.4. The van der Waals surface area contributed by atoms with Crippen LogP contribution in [0.25, 0.3) is 0 Å². The number of rotatable bonds is 4. The van der Waals surface area contributed by atoms with E-state index in [0.29, 0.717) is 6.54 Å².